The van der Waals surface area contributed by atoms with Crippen LogP contribution in [0.15, 0.2) is 41.3 Å². The van der Waals surface area contributed by atoms with E-state index in [9.17, 15) is 14.4 Å². The normalized spacial score (nSPS) is 14.6. The van der Waals surface area contributed by atoms with E-state index in [1.54, 1.807) is 43.6 Å². The Morgan fingerprint density at radius 3 is 2.21 bits per heavy atom. The van der Waals surface area contributed by atoms with E-state index in [0.29, 0.717) is 17.9 Å². The van der Waals surface area contributed by atoms with Gasteiger partial charge in [-0.05, 0) is 24.3 Å². The molecule has 2 aromatic rings. The van der Waals surface area contributed by atoms with E-state index in [1.807, 2.05) is 0 Å². The van der Waals surface area contributed by atoms with Crippen molar-refractivity contribution in [1.82, 2.24) is 14.7 Å². The van der Waals surface area contributed by atoms with Gasteiger partial charge in [-0.25, -0.2) is 4.68 Å². The molecule has 2 heterocycles. The Labute approximate surface area is 162 Å². The standard InChI is InChI=1S/C19H24N6O3/c1-14(26)21-15-3-5-16(6-4-15)22-18(27)13-24-7-9-25(10-8-24)17-11-19(28)23(2)20-12-17/h3-6,11-12H,7-10,13H2,1-2H3,(H,21,26)(H,22,27). The van der Waals surface area contributed by atoms with Crippen molar-refractivity contribution in [3.05, 3.63) is 46.9 Å². The zero-order chi connectivity index (χ0) is 20.1. The van der Waals surface area contributed by atoms with Gasteiger partial charge < -0.3 is 15.5 Å². The van der Waals surface area contributed by atoms with Crippen LogP contribution in [0.2, 0.25) is 0 Å². The van der Waals surface area contributed by atoms with E-state index >= 15 is 0 Å². The highest BCUT2D eigenvalue weighted by Gasteiger charge is 2.20. The summed E-state index contributed by atoms with van der Waals surface area (Å²) < 4.78 is 1.30. The third kappa shape index (κ3) is 5.17. The fourth-order valence-electron chi connectivity index (χ4n) is 3.04. The third-order valence-electron chi connectivity index (χ3n) is 4.55. The molecule has 28 heavy (non-hydrogen) atoms. The molecule has 9 heteroatoms. The van der Waals surface area contributed by atoms with Crippen molar-refractivity contribution in [2.24, 2.45) is 7.05 Å². The number of benzene rings is 1. The molecule has 1 aliphatic rings. The van der Waals surface area contributed by atoms with Crippen LogP contribution in [0.25, 0.3) is 0 Å². The number of hydrogen-bond donors (Lipinski definition) is 2. The van der Waals surface area contributed by atoms with Crippen molar-refractivity contribution in [3.8, 4) is 0 Å². The summed E-state index contributed by atoms with van der Waals surface area (Å²) in [4.78, 5) is 39.2. The molecular formula is C19H24N6O3. The minimum absolute atomic E-state index is 0.0871. The zero-order valence-electron chi connectivity index (χ0n) is 16.0. The molecule has 0 unspecified atom stereocenters. The smallest absolute Gasteiger partial charge is 0.268 e. The number of anilines is 3. The second-order valence-corrected chi connectivity index (χ2v) is 6.75. The third-order valence-corrected chi connectivity index (χ3v) is 4.55. The first-order valence-electron chi connectivity index (χ1n) is 9.09. The van der Waals surface area contributed by atoms with Gasteiger partial charge >= 0.3 is 0 Å². The molecule has 1 saturated heterocycles. The number of amides is 2. The van der Waals surface area contributed by atoms with Gasteiger partial charge in [0, 0.05) is 57.6 Å². The minimum Gasteiger partial charge on any atom is -0.368 e. The lowest BCUT2D eigenvalue weighted by atomic mass is 10.2. The topological polar surface area (TPSA) is 99.6 Å². The summed E-state index contributed by atoms with van der Waals surface area (Å²) in [6.45, 7) is 4.66. The van der Waals surface area contributed by atoms with Gasteiger partial charge in [-0.3, -0.25) is 19.3 Å². The minimum atomic E-state index is -0.137. The second-order valence-electron chi connectivity index (χ2n) is 6.75. The highest BCUT2D eigenvalue weighted by Crippen LogP contribution is 2.15. The Morgan fingerprint density at radius 2 is 1.64 bits per heavy atom. The van der Waals surface area contributed by atoms with Gasteiger partial charge in [0.1, 0.15) is 0 Å². The number of nitrogens with one attached hydrogen (secondary N) is 2. The van der Waals surface area contributed by atoms with Gasteiger partial charge in [0.05, 0.1) is 18.4 Å². The number of aromatic nitrogens is 2. The Kier molecular flexibility index (Phi) is 6.05. The van der Waals surface area contributed by atoms with E-state index in [1.165, 1.54) is 11.6 Å². The van der Waals surface area contributed by atoms with Gasteiger partial charge in [0.15, 0.2) is 0 Å². The van der Waals surface area contributed by atoms with Crippen LogP contribution in [-0.2, 0) is 16.6 Å². The van der Waals surface area contributed by atoms with Crippen LogP contribution < -0.4 is 21.1 Å². The maximum Gasteiger partial charge on any atom is 0.268 e. The van der Waals surface area contributed by atoms with Crippen molar-refractivity contribution in [1.29, 1.82) is 0 Å². The highest BCUT2D eigenvalue weighted by atomic mass is 16.2. The van der Waals surface area contributed by atoms with Crippen molar-refractivity contribution >= 4 is 28.9 Å². The molecule has 1 fully saturated rings. The molecule has 0 bridgehead atoms. The summed E-state index contributed by atoms with van der Waals surface area (Å²) in [6, 6.07) is 8.58. The van der Waals surface area contributed by atoms with E-state index in [0.717, 1.165) is 31.9 Å². The van der Waals surface area contributed by atoms with E-state index < -0.39 is 0 Å². The lowest BCUT2D eigenvalue weighted by molar-refractivity contribution is -0.117. The first-order valence-corrected chi connectivity index (χ1v) is 9.09. The van der Waals surface area contributed by atoms with Crippen LogP contribution in [0.5, 0.6) is 0 Å². The zero-order valence-corrected chi connectivity index (χ0v) is 16.0. The molecule has 1 aromatic carbocycles. The molecule has 1 aromatic heterocycles. The van der Waals surface area contributed by atoms with Crippen LogP contribution in [-0.4, -0.2) is 59.2 Å². The number of rotatable bonds is 5. The predicted octanol–water partition coefficient (Wildman–Crippen LogP) is 0.499. The molecule has 9 nitrogen and oxygen atoms in total. The molecule has 2 N–H and O–H groups in total. The lowest BCUT2D eigenvalue weighted by Crippen LogP contribution is -2.49. The molecule has 148 valence electrons. The van der Waals surface area contributed by atoms with E-state index in [-0.39, 0.29) is 17.4 Å². The number of carbonyl (C=O) groups is 2. The molecule has 0 spiro atoms. The summed E-state index contributed by atoms with van der Waals surface area (Å²) in [6.07, 6.45) is 1.69. The summed E-state index contributed by atoms with van der Waals surface area (Å²) >= 11 is 0. The van der Waals surface area contributed by atoms with Crippen molar-refractivity contribution in [2.75, 3.05) is 48.3 Å². The van der Waals surface area contributed by atoms with E-state index in [2.05, 4.69) is 25.5 Å². The van der Waals surface area contributed by atoms with Gasteiger partial charge in [-0.2, -0.15) is 5.10 Å². The molecule has 0 saturated carbocycles. The fraction of sp³-hybridized carbons (Fsp3) is 0.368. The van der Waals surface area contributed by atoms with Gasteiger partial charge in [-0.15, -0.1) is 0 Å². The molecule has 0 radical (unpaired) electrons. The number of hydrogen-bond acceptors (Lipinski definition) is 6. The maximum atomic E-state index is 12.3. The highest BCUT2D eigenvalue weighted by molar-refractivity contribution is 5.93. The van der Waals surface area contributed by atoms with Gasteiger partial charge in [0.25, 0.3) is 5.56 Å². The van der Waals surface area contributed by atoms with Crippen LogP contribution >= 0.6 is 0 Å². The second kappa shape index (κ2) is 8.66. The quantitative estimate of drug-likeness (QED) is 0.779. The van der Waals surface area contributed by atoms with Crippen molar-refractivity contribution < 1.29 is 9.59 Å². The van der Waals surface area contributed by atoms with Crippen LogP contribution in [0.4, 0.5) is 17.1 Å². The molecular weight excluding hydrogens is 360 g/mol. The monoisotopic (exact) mass is 384 g/mol. The summed E-state index contributed by atoms with van der Waals surface area (Å²) in [5.74, 6) is -0.224. The van der Waals surface area contributed by atoms with Gasteiger partial charge in [-0.1, -0.05) is 0 Å². The van der Waals surface area contributed by atoms with E-state index in [4.69, 9.17) is 0 Å². The molecule has 2 amide bonds. The Hall–Kier alpha value is -3.20. The van der Waals surface area contributed by atoms with Crippen molar-refractivity contribution in [3.63, 3.8) is 0 Å². The average Bonchev–Trinajstić information content (AvgIpc) is 2.66. The number of nitrogens with zero attached hydrogens (tertiary/aromatic N) is 4. The summed E-state index contributed by atoms with van der Waals surface area (Å²) in [5.41, 5.74) is 2.05. The summed E-state index contributed by atoms with van der Waals surface area (Å²) in [5, 5.41) is 9.60. The molecule has 0 aliphatic carbocycles. The van der Waals surface area contributed by atoms with Crippen LogP contribution in [0, 0.1) is 0 Å². The average molecular weight is 384 g/mol. The van der Waals surface area contributed by atoms with Crippen LogP contribution in [0.3, 0.4) is 0 Å². The SMILES string of the molecule is CC(=O)Nc1ccc(NC(=O)CN2CCN(c3cnn(C)c(=O)c3)CC2)cc1. The van der Waals surface area contributed by atoms with Gasteiger partial charge in [0.2, 0.25) is 11.8 Å². The largest absolute Gasteiger partial charge is 0.368 e. The van der Waals surface area contributed by atoms with Crippen molar-refractivity contribution in [2.45, 2.75) is 6.92 Å². The fourth-order valence-corrected chi connectivity index (χ4v) is 3.04. The molecule has 3 rings (SSSR count). The molecule has 0 atom stereocenters. The number of piperazine rings is 1. The molecule has 1 aliphatic heterocycles. The first-order chi connectivity index (χ1) is 13.4. The lowest BCUT2D eigenvalue weighted by Gasteiger charge is -2.35. The van der Waals surface area contributed by atoms with Crippen LogP contribution in [0.1, 0.15) is 6.92 Å². The summed E-state index contributed by atoms with van der Waals surface area (Å²) in [7, 11) is 1.62. The maximum absolute atomic E-state index is 12.3. The Bertz CT molecular complexity index is 901. The Balaban J connectivity index is 1.47. The first kappa shape index (κ1) is 19.6. The number of aryl methyl sites for hydroxylation is 1. The number of carbonyl (C=O) groups excluding carboxylic acids is 2. The Morgan fingerprint density at radius 1 is 1.04 bits per heavy atom. The predicted molar refractivity (Wildman–Crippen MR) is 108 cm³/mol.